The summed E-state index contributed by atoms with van der Waals surface area (Å²) in [5, 5.41) is 9.23. The van der Waals surface area contributed by atoms with Crippen molar-refractivity contribution in [3.05, 3.63) is 36.0 Å². The summed E-state index contributed by atoms with van der Waals surface area (Å²) in [7, 11) is 0. The molecule has 1 aromatic carbocycles. The molecule has 17 heavy (non-hydrogen) atoms. The fraction of sp³-hybridized carbons (Fsp3) is 0.231. The molecule has 0 saturated heterocycles. The van der Waals surface area contributed by atoms with Crippen molar-refractivity contribution in [1.82, 2.24) is 9.97 Å². The van der Waals surface area contributed by atoms with E-state index in [0.29, 0.717) is 11.6 Å². The van der Waals surface area contributed by atoms with Crippen LogP contribution in [-0.4, -0.2) is 15.1 Å². The highest BCUT2D eigenvalue weighted by atomic mass is 16.3. The van der Waals surface area contributed by atoms with E-state index < -0.39 is 0 Å². The second-order valence-corrected chi connectivity index (χ2v) is 3.90. The summed E-state index contributed by atoms with van der Waals surface area (Å²) in [5.41, 5.74) is 7.56. The van der Waals surface area contributed by atoms with Gasteiger partial charge in [-0.2, -0.15) is 0 Å². The number of benzene rings is 1. The molecular formula is C13H15N3O. The Morgan fingerprint density at radius 2 is 1.88 bits per heavy atom. The number of hydrogen-bond acceptors (Lipinski definition) is 4. The van der Waals surface area contributed by atoms with E-state index in [0.717, 1.165) is 24.1 Å². The summed E-state index contributed by atoms with van der Waals surface area (Å²) >= 11 is 0. The maximum atomic E-state index is 9.23. The second-order valence-electron chi connectivity index (χ2n) is 3.90. The number of anilines is 1. The first-order chi connectivity index (χ1) is 8.19. The van der Waals surface area contributed by atoms with Crippen LogP contribution in [-0.2, 0) is 6.42 Å². The highest BCUT2D eigenvalue weighted by molar-refractivity contribution is 5.58. The molecule has 0 aliphatic heterocycles. The molecule has 0 bridgehead atoms. The van der Waals surface area contributed by atoms with E-state index in [-0.39, 0.29) is 5.75 Å². The number of phenols is 1. The molecule has 0 fully saturated rings. The molecule has 3 N–H and O–H groups in total. The summed E-state index contributed by atoms with van der Waals surface area (Å²) in [4.78, 5) is 8.65. The Kier molecular flexibility index (Phi) is 3.23. The SMILES string of the molecule is CCCc1cc(N)nc(-c2ccc(O)cc2)n1. The van der Waals surface area contributed by atoms with E-state index in [4.69, 9.17) is 5.73 Å². The van der Waals surface area contributed by atoms with Crippen molar-refractivity contribution in [2.24, 2.45) is 0 Å². The Hall–Kier alpha value is -2.10. The van der Waals surface area contributed by atoms with Gasteiger partial charge in [-0.3, -0.25) is 0 Å². The number of rotatable bonds is 3. The summed E-state index contributed by atoms with van der Waals surface area (Å²) in [5.74, 6) is 1.31. The van der Waals surface area contributed by atoms with E-state index in [1.165, 1.54) is 0 Å². The largest absolute Gasteiger partial charge is 0.508 e. The van der Waals surface area contributed by atoms with Crippen LogP contribution in [0.3, 0.4) is 0 Å². The first-order valence-corrected chi connectivity index (χ1v) is 5.62. The van der Waals surface area contributed by atoms with Crippen LogP contribution < -0.4 is 5.73 Å². The third kappa shape index (κ3) is 2.72. The Balaban J connectivity index is 2.40. The second kappa shape index (κ2) is 4.82. The molecule has 0 spiro atoms. The maximum Gasteiger partial charge on any atom is 0.161 e. The Bertz CT molecular complexity index is 509. The standard InChI is InChI=1S/C13H15N3O/c1-2-3-10-8-12(14)16-13(15-10)9-4-6-11(17)7-5-9/h4-8,17H,2-3H2,1H3,(H2,14,15,16). The predicted octanol–water partition coefficient (Wildman–Crippen LogP) is 2.38. The topological polar surface area (TPSA) is 72.0 Å². The molecule has 0 atom stereocenters. The molecule has 1 heterocycles. The van der Waals surface area contributed by atoms with Crippen molar-refractivity contribution in [3.8, 4) is 17.1 Å². The van der Waals surface area contributed by atoms with Gasteiger partial charge in [0, 0.05) is 17.3 Å². The molecular weight excluding hydrogens is 214 g/mol. The number of nitrogens with zero attached hydrogens (tertiary/aromatic N) is 2. The summed E-state index contributed by atoms with van der Waals surface area (Å²) < 4.78 is 0. The van der Waals surface area contributed by atoms with Crippen LogP contribution in [0.25, 0.3) is 11.4 Å². The fourth-order valence-electron chi connectivity index (χ4n) is 1.64. The van der Waals surface area contributed by atoms with Crippen LogP contribution >= 0.6 is 0 Å². The molecule has 88 valence electrons. The normalized spacial score (nSPS) is 10.4. The molecule has 0 aliphatic rings. The van der Waals surface area contributed by atoms with Gasteiger partial charge in [0.25, 0.3) is 0 Å². The Labute approximate surface area is 100 Å². The quantitative estimate of drug-likeness (QED) is 0.847. The molecule has 1 aromatic heterocycles. The van der Waals surface area contributed by atoms with Crippen LogP contribution in [0.1, 0.15) is 19.0 Å². The number of hydrogen-bond donors (Lipinski definition) is 2. The molecule has 2 rings (SSSR count). The number of nitrogen functional groups attached to an aromatic ring is 1. The van der Waals surface area contributed by atoms with E-state index in [9.17, 15) is 5.11 Å². The average molecular weight is 229 g/mol. The lowest BCUT2D eigenvalue weighted by atomic mass is 10.2. The monoisotopic (exact) mass is 229 g/mol. The van der Waals surface area contributed by atoms with Crippen molar-refractivity contribution in [3.63, 3.8) is 0 Å². The molecule has 0 amide bonds. The van der Waals surface area contributed by atoms with E-state index >= 15 is 0 Å². The van der Waals surface area contributed by atoms with Gasteiger partial charge in [-0.25, -0.2) is 9.97 Å². The number of nitrogens with two attached hydrogens (primary N) is 1. The summed E-state index contributed by atoms with van der Waals surface area (Å²) in [6.07, 6.45) is 1.91. The number of aryl methyl sites for hydroxylation is 1. The molecule has 0 aliphatic carbocycles. The van der Waals surface area contributed by atoms with Gasteiger partial charge in [-0.15, -0.1) is 0 Å². The van der Waals surface area contributed by atoms with Crippen LogP contribution in [0.15, 0.2) is 30.3 Å². The minimum Gasteiger partial charge on any atom is -0.508 e. The number of phenolic OH excluding ortho intramolecular Hbond substituents is 1. The van der Waals surface area contributed by atoms with E-state index in [1.54, 1.807) is 30.3 Å². The third-order valence-electron chi connectivity index (χ3n) is 2.43. The first kappa shape index (κ1) is 11.4. The zero-order chi connectivity index (χ0) is 12.3. The van der Waals surface area contributed by atoms with E-state index in [1.807, 2.05) is 0 Å². The highest BCUT2D eigenvalue weighted by Gasteiger charge is 2.05. The van der Waals surface area contributed by atoms with Gasteiger partial charge in [0.05, 0.1) is 0 Å². The Morgan fingerprint density at radius 1 is 1.18 bits per heavy atom. The highest BCUT2D eigenvalue weighted by Crippen LogP contribution is 2.20. The number of aromatic nitrogens is 2. The minimum absolute atomic E-state index is 0.228. The molecule has 0 saturated carbocycles. The van der Waals surface area contributed by atoms with Crippen molar-refractivity contribution < 1.29 is 5.11 Å². The van der Waals surface area contributed by atoms with Crippen LogP contribution in [0.4, 0.5) is 5.82 Å². The minimum atomic E-state index is 0.228. The van der Waals surface area contributed by atoms with E-state index in [2.05, 4.69) is 16.9 Å². The first-order valence-electron chi connectivity index (χ1n) is 5.62. The maximum absolute atomic E-state index is 9.23. The third-order valence-corrected chi connectivity index (χ3v) is 2.43. The van der Waals surface area contributed by atoms with Crippen LogP contribution in [0.2, 0.25) is 0 Å². The zero-order valence-corrected chi connectivity index (χ0v) is 9.72. The molecule has 4 heteroatoms. The molecule has 2 aromatic rings. The lowest BCUT2D eigenvalue weighted by molar-refractivity contribution is 0.475. The molecule has 0 unspecified atom stereocenters. The molecule has 0 radical (unpaired) electrons. The van der Waals surface area contributed by atoms with Crippen molar-refractivity contribution in [2.75, 3.05) is 5.73 Å². The average Bonchev–Trinajstić information content (AvgIpc) is 2.29. The van der Waals surface area contributed by atoms with Crippen molar-refractivity contribution in [1.29, 1.82) is 0 Å². The van der Waals surface area contributed by atoms with Gasteiger partial charge in [0.15, 0.2) is 5.82 Å². The van der Waals surface area contributed by atoms with Gasteiger partial charge in [-0.05, 0) is 30.7 Å². The summed E-state index contributed by atoms with van der Waals surface area (Å²) in [6, 6.07) is 8.58. The van der Waals surface area contributed by atoms with Gasteiger partial charge in [-0.1, -0.05) is 13.3 Å². The van der Waals surface area contributed by atoms with Gasteiger partial charge in [0.2, 0.25) is 0 Å². The number of aromatic hydroxyl groups is 1. The van der Waals surface area contributed by atoms with Gasteiger partial charge < -0.3 is 10.8 Å². The Morgan fingerprint density at radius 3 is 2.53 bits per heavy atom. The van der Waals surface area contributed by atoms with Crippen LogP contribution in [0.5, 0.6) is 5.75 Å². The predicted molar refractivity (Wildman–Crippen MR) is 67.5 cm³/mol. The lowest BCUT2D eigenvalue weighted by Gasteiger charge is -2.05. The smallest absolute Gasteiger partial charge is 0.161 e. The van der Waals surface area contributed by atoms with Gasteiger partial charge >= 0.3 is 0 Å². The summed E-state index contributed by atoms with van der Waals surface area (Å²) in [6.45, 7) is 2.10. The van der Waals surface area contributed by atoms with Crippen molar-refractivity contribution >= 4 is 5.82 Å². The lowest BCUT2D eigenvalue weighted by Crippen LogP contribution is -2.00. The molecule has 4 nitrogen and oxygen atoms in total. The zero-order valence-electron chi connectivity index (χ0n) is 9.72. The van der Waals surface area contributed by atoms with Crippen LogP contribution in [0, 0.1) is 0 Å². The van der Waals surface area contributed by atoms with Crippen molar-refractivity contribution in [2.45, 2.75) is 19.8 Å². The van der Waals surface area contributed by atoms with Gasteiger partial charge in [0.1, 0.15) is 11.6 Å². The fourth-order valence-corrected chi connectivity index (χ4v) is 1.64.